The van der Waals surface area contributed by atoms with Crippen molar-refractivity contribution in [3.8, 4) is 0 Å². The Bertz CT molecular complexity index is 231. The van der Waals surface area contributed by atoms with Crippen molar-refractivity contribution in [1.29, 1.82) is 0 Å². The van der Waals surface area contributed by atoms with Crippen LogP contribution in [0.4, 0.5) is 0 Å². The molecule has 1 saturated heterocycles. The smallest absolute Gasteiger partial charge is 0.0808 e. The lowest BCUT2D eigenvalue weighted by Gasteiger charge is -2.40. The molecule has 2 rings (SSSR count). The fourth-order valence-electron chi connectivity index (χ4n) is 3.23. The van der Waals surface area contributed by atoms with Gasteiger partial charge in [0.25, 0.3) is 0 Å². The Kier molecular flexibility index (Phi) is 5.46. The highest BCUT2D eigenvalue weighted by atomic mass is 16.5. The third-order valence-electron chi connectivity index (χ3n) is 4.82. The van der Waals surface area contributed by atoms with Gasteiger partial charge in [-0.3, -0.25) is 0 Å². The van der Waals surface area contributed by atoms with Crippen molar-refractivity contribution in [2.45, 2.75) is 70.0 Å². The number of rotatable bonds is 5. The zero-order valence-electron chi connectivity index (χ0n) is 11.8. The molecule has 18 heavy (non-hydrogen) atoms. The van der Waals surface area contributed by atoms with Gasteiger partial charge in [-0.2, -0.15) is 0 Å². The first-order chi connectivity index (χ1) is 8.78. The summed E-state index contributed by atoms with van der Waals surface area (Å²) in [4.78, 5) is 0. The van der Waals surface area contributed by atoms with E-state index < -0.39 is 0 Å². The van der Waals surface area contributed by atoms with Crippen LogP contribution >= 0.6 is 0 Å². The van der Waals surface area contributed by atoms with E-state index in [1.54, 1.807) is 0 Å². The summed E-state index contributed by atoms with van der Waals surface area (Å²) in [6.45, 7) is 4.60. The maximum atomic E-state index is 6.20. The average molecular weight is 255 g/mol. The Morgan fingerprint density at radius 1 is 1.22 bits per heavy atom. The maximum absolute atomic E-state index is 6.20. The molecule has 106 valence electrons. The summed E-state index contributed by atoms with van der Waals surface area (Å²) >= 11 is 0. The monoisotopic (exact) mass is 255 g/mol. The van der Waals surface area contributed by atoms with Crippen LogP contribution in [-0.4, -0.2) is 31.5 Å². The highest BCUT2D eigenvalue weighted by molar-refractivity contribution is 4.88. The second-order valence-electron chi connectivity index (χ2n) is 6.04. The van der Waals surface area contributed by atoms with Crippen molar-refractivity contribution in [1.82, 2.24) is 0 Å². The van der Waals surface area contributed by atoms with Gasteiger partial charge in [0.15, 0.2) is 0 Å². The normalized spacial score (nSPS) is 37.7. The van der Waals surface area contributed by atoms with Crippen LogP contribution in [-0.2, 0) is 9.47 Å². The molecule has 3 nitrogen and oxygen atoms in total. The van der Waals surface area contributed by atoms with E-state index in [2.05, 4.69) is 6.92 Å². The Hall–Kier alpha value is -0.120. The van der Waals surface area contributed by atoms with Crippen molar-refractivity contribution >= 4 is 0 Å². The van der Waals surface area contributed by atoms with E-state index in [-0.39, 0.29) is 5.60 Å². The quantitative estimate of drug-likeness (QED) is 0.821. The molecule has 1 saturated carbocycles. The topological polar surface area (TPSA) is 44.5 Å². The molecule has 0 aromatic rings. The van der Waals surface area contributed by atoms with Gasteiger partial charge in [0.1, 0.15) is 0 Å². The molecular weight excluding hydrogens is 226 g/mol. The summed E-state index contributed by atoms with van der Waals surface area (Å²) in [7, 11) is 0. The van der Waals surface area contributed by atoms with Gasteiger partial charge in [-0.05, 0) is 50.9 Å². The molecule has 0 bridgehead atoms. The minimum absolute atomic E-state index is 0.0491. The standard InChI is InChI=1S/C15H29NO2/c1-2-13-6-8-15(12-16,9-7-13)18-11-14-5-3-4-10-17-14/h13-14H,2-12,16H2,1H3. The lowest BCUT2D eigenvalue weighted by atomic mass is 9.77. The summed E-state index contributed by atoms with van der Waals surface area (Å²) in [5, 5.41) is 0. The molecule has 1 heterocycles. The molecule has 0 radical (unpaired) electrons. The van der Waals surface area contributed by atoms with Gasteiger partial charge in [0, 0.05) is 13.2 Å². The number of hydrogen-bond acceptors (Lipinski definition) is 3. The molecule has 2 aliphatic rings. The van der Waals surface area contributed by atoms with Gasteiger partial charge < -0.3 is 15.2 Å². The van der Waals surface area contributed by atoms with Gasteiger partial charge in [0.2, 0.25) is 0 Å². The molecule has 2 N–H and O–H groups in total. The number of ether oxygens (including phenoxy) is 2. The molecule has 1 atom stereocenters. The van der Waals surface area contributed by atoms with Crippen LogP contribution < -0.4 is 5.73 Å². The van der Waals surface area contributed by atoms with Crippen molar-refractivity contribution in [2.75, 3.05) is 19.8 Å². The van der Waals surface area contributed by atoms with Gasteiger partial charge in [-0.1, -0.05) is 13.3 Å². The van der Waals surface area contributed by atoms with Crippen LogP contribution in [0.15, 0.2) is 0 Å². The van der Waals surface area contributed by atoms with Gasteiger partial charge in [0.05, 0.1) is 18.3 Å². The van der Waals surface area contributed by atoms with Crippen LogP contribution in [0.2, 0.25) is 0 Å². The van der Waals surface area contributed by atoms with Crippen molar-refractivity contribution < 1.29 is 9.47 Å². The highest BCUT2D eigenvalue weighted by Crippen LogP contribution is 2.36. The summed E-state index contributed by atoms with van der Waals surface area (Å²) in [5.74, 6) is 0.888. The van der Waals surface area contributed by atoms with Crippen molar-refractivity contribution in [3.63, 3.8) is 0 Å². The molecule has 1 aliphatic carbocycles. The molecular formula is C15H29NO2. The minimum atomic E-state index is -0.0491. The Balaban J connectivity index is 1.77. The van der Waals surface area contributed by atoms with Crippen molar-refractivity contribution in [2.24, 2.45) is 11.7 Å². The van der Waals surface area contributed by atoms with E-state index in [0.29, 0.717) is 12.6 Å². The van der Waals surface area contributed by atoms with Crippen LogP contribution in [0.1, 0.15) is 58.3 Å². The van der Waals surface area contributed by atoms with Crippen LogP contribution in [0.5, 0.6) is 0 Å². The molecule has 0 spiro atoms. The van der Waals surface area contributed by atoms with Gasteiger partial charge in [-0.25, -0.2) is 0 Å². The third kappa shape index (κ3) is 3.69. The molecule has 2 fully saturated rings. The first-order valence-corrected chi connectivity index (χ1v) is 7.73. The van der Waals surface area contributed by atoms with Crippen LogP contribution in [0, 0.1) is 5.92 Å². The largest absolute Gasteiger partial charge is 0.376 e. The van der Waals surface area contributed by atoms with Gasteiger partial charge in [-0.15, -0.1) is 0 Å². The first-order valence-electron chi connectivity index (χ1n) is 7.73. The molecule has 0 amide bonds. The van der Waals surface area contributed by atoms with E-state index in [9.17, 15) is 0 Å². The van der Waals surface area contributed by atoms with Gasteiger partial charge >= 0.3 is 0 Å². The molecule has 0 aromatic carbocycles. The summed E-state index contributed by atoms with van der Waals surface area (Å²) in [6, 6.07) is 0. The summed E-state index contributed by atoms with van der Waals surface area (Å²) in [6.07, 6.45) is 10.1. The van der Waals surface area contributed by atoms with E-state index in [1.807, 2.05) is 0 Å². The fraction of sp³-hybridized carbons (Fsp3) is 1.00. The zero-order chi connectivity index (χ0) is 12.8. The summed E-state index contributed by atoms with van der Waals surface area (Å²) in [5.41, 5.74) is 5.93. The van der Waals surface area contributed by atoms with Crippen LogP contribution in [0.25, 0.3) is 0 Å². The second-order valence-corrected chi connectivity index (χ2v) is 6.04. The Labute approximate surface area is 111 Å². The minimum Gasteiger partial charge on any atom is -0.376 e. The molecule has 1 aliphatic heterocycles. The third-order valence-corrected chi connectivity index (χ3v) is 4.82. The zero-order valence-corrected chi connectivity index (χ0v) is 11.8. The van der Waals surface area contributed by atoms with E-state index >= 15 is 0 Å². The number of nitrogens with two attached hydrogens (primary N) is 1. The fourth-order valence-corrected chi connectivity index (χ4v) is 3.23. The lowest BCUT2D eigenvalue weighted by Crippen LogP contribution is -2.45. The maximum Gasteiger partial charge on any atom is 0.0808 e. The predicted octanol–water partition coefficient (Wildman–Crippen LogP) is 2.87. The predicted molar refractivity (Wildman–Crippen MR) is 73.6 cm³/mol. The lowest BCUT2D eigenvalue weighted by molar-refractivity contribution is -0.120. The first kappa shape index (κ1) is 14.3. The van der Waals surface area contributed by atoms with E-state index in [1.165, 1.54) is 32.1 Å². The average Bonchev–Trinajstić information content (AvgIpc) is 2.47. The Morgan fingerprint density at radius 2 is 2.00 bits per heavy atom. The van der Waals surface area contributed by atoms with E-state index in [0.717, 1.165) is 38.4 Å². The second kappa shape index (κ2) is 6.88. The number of hydrogen-bond donors (Lipinski definition) is 1. The Morgan fingerprint density at radius 3 is 2.56 bits per heavy atom. The van der Waals surface area contributed by atoms with Crippen molar-refractivity contribution in [3.05, 3.63) is 0 Å². The summed E-state index contributed by atoms with van der Waals surface area (Å²) < 4.78 is 11.9. The highest BCUT2D eigenvalue weighted by Gasteiger charge is 2.35. The van der Waals surface area contributed by atoms with E-state index in [4.69, 9.17) is 15.2 Å². The molecule has 3 heteroatoms. The molecule has 1 unspecified atom stereocenters. The van der Waals surface area contributed by atoms with Crippen LogP contribution in [0.3, 0.4) is 0 Å². The molecule has 0 aromatic heterocycles. The SMILES string of the molecule is CCC1CCC(CN)(OCC2CCCCO2)CC1.